The molecular formula is C20H31N3O2. The van der Waals surface area contributed by atoms with Crippen LogP contribution in [-0.2, 0) is 17.9 Å². The second kappa shape index (κ2) is 8.79. The average Bonchev–Trinajstić information content (AvgIpc) is 3.01. The normalized spacial score (nSPS) is 23.0. The first-order valence-electron chi connectivity index (χ1n) is 9.60. The molecule has 0 spiro atoms. The van der Waals surface area contributed by atoms with Crippen molar-refractivity contribution in [1.29, 1.82) is 0 Å². The molecule has 0 saturated carbocycles. The third kappa shape index (κ3) is 5.27. The van der Waals surface area contributed by atoms with Crippen LogP contribution in [0.4, 0.5) is 0 Å². The molecule has 1 unspecified atom stereocenters. The molecule has 2 N–H and O–H groups in total. The van der Waals surface area contributed by atoms with Crippen LogP contribution < -0.4 is 5.32 Å². The summed E-state index contributed by atoms with van der Waals surface area (Å²) in [5.74, 6) is 0.115. The second-order valence-corrected chi connectivity index (χ2v) is 7.51. The summed E-state index contributed by atoms with van der Waals surface area (Å²) in [5, 5.41) is 12.7. The average molecular weight is 345 g/mol. The largest absolute Gasteiger partial charge is 0.393 e. The molecule has 0 aromatic heterocycles. The fourth-order valence-electron chi connectivity index (χ4n) is 3.86. The van der Waals surface area contributed by atoms with Gasteiger partial charge in [-0.2, -0.15) is 0 Å². The summed E-state index contributed by atoms with van der Waals surface area (Å²) in [6.45, 7) is 7.10. The lowest BCUT2D eigenvalue weighted by Gasteiger charge is -2.30. The summed E-state index contributed by atoms with van der Waals surface area (Å²) >= 11 is 0. The number of benzene rings is 1. The van der Waals surface area contributed by atoms with Crippen LogP contribution in [-0.4, -0.2) is 59.1 Å². The highest BCUT2D eigenvalue weighted by molar-refractivity contribution is 5.78. The number of rotatable bonds is 6. The van der Waals surface area contributed by atoms with E-state index in [9.17, 15) is 9.90 Å². The first-order chi connectivity index (χ1) is 12.1. The van der Waals surface area contributed by atoms with Gasteiger partial charge in [0.1, 0.15) is 0 Å². The van der Waals surface area contributed by atoms with Gasteiger partial charge in [-0.15, -0.1) is 0 Å². The zero-order valence-corrected chi connectivity index (χ0v) is 15.3. The van der Waals surface area contributed by atoms with Gasteiger partial charge in [-0.3, -0.25) is 14.6 Å². The van der Waals surface area contributed by atoms with Gasteiger partial charge in [0, 0.05) is 32.2 Å². The number of carbonyl (C=O) groups is 1. The lowest BCUT2D eigenvalue weighted by Crippen LogP contribution is -2.38. The standard InChI is InChI=1S/C20H31N3O2/c1-16-5-4-10-23(16)15-20(25)21-13-17-6-2-3-7-18(17)14-22-11-8-19(24)9-12-22/h2-3,6-7,16,19,24H,4-5,8-15H2,1H3,(H,21,25). The van der Waals surface area contributed by atoms with E-state index in [-0.39, 0.29) is 12.0 Å². The fraction of sp³-hybridized carbons (Fsp3) is 0.650. The number of likely N-dealkylation sites (tertiary alicyclic amines) is 2. The highest BCUT2D eigenvalue weighted by atomic mass is 16.3. The van der Waals surface area contributed by atoms with E-state index in [4.69, 9.17) is 0 Å². The summed E-state index contributed by atoms with van der Waals surface area (Å²) in [7, 11) is 0. The maximum atomic E-state index is 12.3. The van der Waals surface area contributed by atoms with E-state index in [1.807, 2.05) is 6.07 Å². The molecule has 2 aliphatic heterocycles. The predicted molar refractivity (Wildman–Crippen MR) is 99.1 cm³/mol. The third-order valence-electron chi connectivity index (χ3n) is 5.58. The number of hydrogen-bond donors (Lipinski definition) is 2. The molecule has 0 bridgehead atoms. The lowest BCUT2D eigenvalue weighted by atomic mass is 10.0. The Morgan fingerprint density at radius 3 is 2.56 bits per heavy atom. The van der Waals surface area contributed by atoms with Crippen LogP contribution in [0.2, 0.25) is 0 Å². The maximum absolute atomic E-state index is 12.3. The topological polar surface area (TPSA) is 55.8 Å². The van der Waals surface area contributed by atoms with Crippen LogP contribution in [0.1, 0.15) is 43.7 Å². The highest BCUT2D eigenvalue weighted by Crippen LogP contribution is 2.17. The van der Waals surface area contributed by atoms with E-state index in [0.717, 1.165) is 39.0 Å². The van der Waals surface area contributed by atoms with Crippen LogP contribution in [0.15, 0.2) is 24.3 Å². The van der Waals surface area contributed by atoms with Gasteiger partial charge in [0.05, 0.1) is 12.6 Å². The molecule has 25 heavy (non-hydrogen) atoms. The van der Waals surface area contributed by atoms with Gasteiger partial charge < -0.3 is 10.4 Å². The Hall–Kier alpha value is -1.43. The van der Waals surface area contributed by atoms with Crippen LogP contribution >= 0.6 is 0 Å². The highest BCUT2D eigenvalue weighted by Gasteiger charge is 2.22. The number of nitrogens with zero attached hydrogens (tertiary/aromatic N) is 2. The number of carbonyl (C=O) groups excluding carboxylic acids is 1. The van der Waals surface area contributed by atoms with Gasteiger partial charge in [-0.25, -0.2) is 0 Å². The molecule has 5 heteroatoms. The van der Waals surface area contributed by atoms with Crippen molar-refractivity contribution in [3.8, 4) is 0 Å². The maximum Gasteiger partial charge on any atom is 0.234 e. The summed E-state index contributed by atoms with van der Waals surface area (Å²) < 4.78 is 0. The van der Waals surface area contributed by atoms with Gasteiger partial charge in [0.2, 0.25) is 5.91 Å². The molecule has 1 aromatic carbocycles. The van der Waals surface area contributed by atoms with Crippen molar-refractivity contribution in [1.82, 2.24) is 15.1 Å². The molecule has 2 aliphatic rings. The van der Waals surface area contributed by atoms with E-state index >= 15 is 0 Å². The molecule has 1 aromatic rings. The molecule has 138 valence electrons. The summed E-state index contributed by atoms with van der Waals surface area (Å²) in [6.07, 6.45) is 3.96. The van der Waals surface area contributed by atoms with Crippen molar-refractivity contribution in [2.45, 2.75) is 57.8 Å². The van der Waals surface area contributed by atoms with Crippen molar-refractivity contribution >= 4 is 5.91 Å². The quantitative estimate of drug-likeness (QED) is 0.825. The number of piperidine rings is 1. The second-order valence-electron chi connectivity index (χ2n) is 7.51. The van der Waals surface area contributed by atoms with E-state index in [1.165, 1.54) is 24.0 Å². The minimum Gasteiger partial charge on any atom is -0.393 e. The first kappa shape index (κ1) is 18.4. The smallest absolute Gasteiger partial charge is 0.234 e. The van der Waals surface area contributed by atoms with E-state index in [1.54, 1.807) is 0 Å². The Labute approximate surface area is 151 Å². The summed E-state index contributed by atoms with van der Waals surface area (Å²) in [4.78, 5) is 16.9. The minimum atomic E-state index is -0.140. The lowest BCUT2D eigenvalue weighted by molar-refractivity contribution is -0.122. The zero-order valence-electron chi connectivity index (χ0n) is 15.3. The molecule has 2 fully saturated rings. The molecule has 0 radical (unpaired) electrons. The zero-order chi connectivity index (χ0) is 17.6. The Morgan fingerprint density at radius 2 is 1.88 bits per heavy atom. The van der Waals surface area contributed by atoms with Crippen LogP contribution in [0.5, 0.6) is 0 Å². The van der Waals surface area contributed by atoms with E-state index < -0.39 is 0 Å². The molecule has 5 nitrogen and oxygen atoms in total. The SMILES string of the molecule is CC1CCCN1CC(=O)NCc1ccccc1CN1CCC(O)CC1. The minimum absolute atomic E-state index is 0.115. The number of hydrogen-bond acceptors (Lipinski definition) is 4. The molecule has 3 rings (SSSR count). The van der Waals surface area contributed by atoms with Gasteiger partial charge in [-0.05, 0) is 50.3 Å². The van der Waals surface area contributed by atoms with Gasteiger partial charge in [0.25, 0.3) is 0 Å². The number of aliphatic hydroxyl groups is 1. The summed E-state index contributed by atoms with van der Waals surface area (Å²) in [6, 6.07) is 8.87. The first-order valence-corrected chi connectivity index (χ1v) is 9.60. The van der Waals surface area contributed by atoms with Crippen molar-refractivity contribution < 1.29 is 9.90 Å². The van der Waals surface area contributed by atoms with Crippen molar-refractivity contribution in [2.24, 2.45) is 0 Å². The van der Waals surface area contributed by atoms with Crippen LogP contribution in [0.3, 0.4) is 0 Å². The van der Waals surface area contributed by atoms with Gasteiger partial charge in [-0.1, -0.05) is 24.3 Å². The number of nitrogens with one attached hydrogen (secondary N) is 1. The van der Waals surface area contributed by atoms with Crippen molar-refractivity contribution in [3.63, 3.8) is 0 Å². The van der Waals surface area contributed by atoms with Crippen molar-refractivity contribution in [2.75, 3.05) is 26.2 Å². The van der Waals surface area contributed by atoms with Crippen LogP contribution in [0, 0.1) is 0 Å². The Bertz CT molecular complexity index is 570. The summed E-state index contributed by atoms with van der Waals surface area (Å²) in [5.41, 5.74) is 2.46. The molecule has 1 amide bonds. The van der Waals surface area contributed by atoms with Crippen LogP contribution in [0.25, 0.3) is 0 Å². The monoisotopic (exact) mass is 345 g/mol. The van der Waals surface area contributed by atoms with Crippen molar-refractivity contribution in [3.05, 3.63) is 35.4 Å². The van der Waals surface area contributed by atoms with E-state index in [2.05, 4.69) is 40.2 Å². The fourth-order valence-corrected chi connectivity index (χ4v) is 3.86. The molecule has 0 aliphatic carbocycles. The molecular weight excluding hydrogens is 314 g/mol. The van der Waals surface area contributed by atoms with Gasteiger partial charge in [0.15, 0.2) is 0 Å². The molecule has 2 saturated heterocycles. The predicted octanol–water partition coefficient (Wildman–Crippen LogP) is 1.74. The number of aliphatic hydroxyl groups excluding tert-OH is 1. The molecule has 1 atom stereocenters. The Kier molecular flexibility index (Phi) is 6.45. The third-order valence-corrected chi connectivity index (χ3v) is 5.58. The van der Waals surface area contributed by atoms with E-state index in [0.29, 0.717) is 19.1 Å². The number of amides is 1. The van der Waals surface area contributed by atoms with Gasteiger partial charge >= 0.3 is 0 Å². The Morgan fingerprint density at radius 1 is 1.16 bits per heavy atom. The molecule has 2 heterocycles. The Balaban J connectivity index is 1.51.